The lowest BCUT2D eigenvalue weighted by molar-refractivity contribution is -0.133. The number of hydrogen-bond acceptors (Lipinski definition) is 3. The second-order valence-electron chi connectivity index (χ2n) is 4.73. The fraction of sp³-hybridized carbons (Fsp3) is 0.615. The number of halogens is 1. The Hall–Kier alpha value is -0.810. The highest BCUT2D eigenvalue weighted by Crippen LogP contribution is 2.32. The fourth-order valence-electron chi connectivity index (χ4n) is 2.53. The zero-order valence-corrected chi connectivity index (χ0v) is 12.1. The molecular weight excluding hydrogens is 296 g/mol. The highest BCUT2D eigenvalue weighted by Gasteiger charge is 2.34. The molecule has 1 aliphatic heterocycles. The van der Waals surface area contributed by atoms with Gasteiger partial charge >= 0.3 is 0 Å². The minimum absolute atomic E-state index is 0.0546. The van der Waals surface area contributed by atoms with Crippen LogP contribution in [0.3, 0.4) is 0 Å². The van der Waals surface area contributed by atoms with Crippen LogP contribution in [0.2, 0.25) is 0 Å². The maximum Gasteiger partial charge on any atom is 0.223 e. The topological polar surface area (TPSA) is 59.5 Å². The molecule has 1 fully saturated rings. The zero-order valence-electron chi connectivity index (χ0n) is 10.6. The van der Waals surface area contributed by atoms with E-state index in [1.807, 2.05) is 17.0 Å². The van der Waals surface area contributed by atoms with Crippen molar-refractivity contribution in [3.05, 3.63) is 22.6 Å². The second kappa shape index (κ2) is 5.89. The number of hydrogen-bond donors (Lipinski definition) is 1. The van der Waals surface area contributed by atoms with Gasteiger partial charge in [0.2, 0.25) is 5.91 Å². The minimum Gasteiger partial charge on any atom is -0.452 e. The Morgan fingerprint density at radius 2 is 2.33 bits per heavy atom. The molecule has 2 rings (SSSR count). The predicted molar refractivity (Wildman–Crippen MR) is 73.0 cm³/mol. The van der Waals surface area contributed by atoms with Crippen molar-refractivity contribution in [3.8, 4) is 0 Å². The Morgan fingerprint density at radius 1 is 1.56 bits per heavy atom. The lowest BCUT2D eigenvalue weighted by Crippen LogP contribution is -2.42. The molecule has 4 nitrogen and oxygen atoms in total. The molecular formula is C13H19BrN2O2. The third-order valence-electron chi connectivity index (χ3n) is 3.34. The number of carbonyl (C=O) groups is 1. The van der Waals surface area contributed by atoms with Crippen LogP contribution in [0.5, 0.6) is 0 Å². The molecule has 0 aliphatic carbocycles. The van der Waals surface area contributed by atoms with Gasteiger partial charge in [0.25, 0.3) is 0 Å². The molecule has 0 aromatic carbocycles. The van der Waals surface area contributed by atoms with Crippen molar-refractivity contribution >= 4 is 21.8 Å². The number of likely N-dealkylation sites (tertiary alicyclic amines) is 1. The van der Waals surface area contributed by atoms with Crippen molar-refractivity contribution in [1.29, 1.82) is 0 Å². The molecule has 2 atom stereocenters. The summed E-state index contributed by atoms with van der Waals surface area (Å²) in [6.07, 6.45) is 3.23. The summed E-state index contributed by atoms with van der Waals surface area (Å²) < 4.78 is 6.30. The van der Waals surface area contributed by atoms with E-state index in [0.29, 0.717) is 11.1 Å². The Morgan fingerprint density at radius 3 is 2.94 bits per heavy atom. The van der Waals surface area contributed by atoms with E-state index in [2.05, 4.69) is 22.9 Å². The van der Waals surface area contributed by atoms with E-state index in [1.54, 1.807) is 0 Å². The summed E-state index contributed by atoms with van der Waals surface area (Å²) in [5, 5.41) is 0. The number of nitrogens with two attached hydrogens (primary N) is 1. The monoisotopic (exact) mass is 314 g/mol. The van der Waals surface area contributed by atoms with Crippen LogP contribution in [0.15, 0.2) is 21.2 Å². The van der Waals surface area contributed by atoms with Crippen LogP contribution in [0.1, 0.15) is 44.4 Å². The van der Waals surface area contributed by atoms with Crippen molar-refractivity contribution in [2.24, 2.45) is 5.73 Å². The van der Waals surface area contributed by atoms with Crippen molar-refractivity contribution in [1.82, 2.24) is 4.90 Å². The largest absolute Gasteiger partial charge is 0.452 e. The van der Waals surface area contributed by atoms with Crippen LogP contribution in [0, 0.1) is 0 Å². The van der Waals surface area contributed by atoms with Gasteiger partial charge in [-0.3, -0.25) is 4.79 Å². The number of furan rings is 1. The van der Waals surface area contributed by atoms with Crippen LogP contribution >= 0.6 is 15.9 Å². The lowest BCUT2D eigenvalue weighted by atomic mass is 10.0. The summed E-state index contributed by atoms with van der Waals surface area (Å²) in [4.78, 5) is 14.0. The summed E-state index contributed by atoms with van der Waals surface area (Å²) in [5.41, 5.74) is 6.23. The Bertz CT molecular complexity index is 419. The average molecular weight is 315 g/mol. The van der Waals surface area contributed by atoms with Gasteiger partial charge in [-0.25, -0.2) is 0 Å². The molecule has 1 aliphatic rings. The van der Waals surface area contributed by atoms with Gasteiger partial charge in [0.15, 0.2) is 4.67 Å². The average Bonchev–Trinajstić information content (AvgIpc) is 2.69. The molecule has 18 heavy (non-hydrogen) atoms. The quantitative estimate of drug-likeness (QED) is 0.933. The smallest absolute Gasteiger partial charge is 0.223 e. The molecule has 0 radical (unpaired) electrons. The normalized spacial score (nSPS) is 25.3. The highest BCUT2D eigenvalue weighted by molar-refractivity contribution is 9.10. The molecule has 2 unspecified atom stereocenters. The minimum atomic E-state index is -0.133. The van der Waals surface area contributed by atoms with E-state index >= 15 is 0 Å². The maximum atomic E-state index is 12.2. The molecule has 2 heterocycles. The first-order chi connectivity index (χ1) is 8.63. The van der Waals surface area contributed by atoms with Gasteiger partial charge < -0.3 is 15.1 Å². The van der Waals surface area contributed by atoms with E-state index in [-0.39, 0.29) is 18.0 Å². The van der Waals surface area contributed by atoms with Crippen molar-refractivity contribution in [3.63, 3.8) is 0 Å². The number of carbonyl (C=O) groups excluding carboxylic acids is 1. The lowest BCUT2D eigenvalue weighted by Gasteiger charge is -2.31. The SMILES string of the molecule is CCCN1C(=O)CCCC(N)C1c1ccc(Br)o1. The number of rotatable bonds is 3. The molecule has 1 aromatic heterocycles. The van der Waals surface area contributed by atoms with Crippen LogP contribution < -0.4 is 5.73 Å². The number of amides is 1. The van der Waals surface area contributed by atoms with E-state index in [4.69, 9.17) is 10.2 Å². The molecule has 0 bridgehead atoms. The van der Waals surface area contributed by atoms with Crippen molar-refractivity contribution < 1.29 is 9.21 Å². The summed E-state index contributed by atoms with van der Waals surface area (Å²) in [5.74, 6) is 0.959. The molecule has 5 heteroatoms. The van der Waals surface area contributed by atoms with Gasteiger partial charge in [0, 0.05) is 19.0 Å². The summed E-state index contributed by atoms with van der Waals surface area (Å²) in [6.45, 7) is 2.80. The Labute approximate surface area is 116 Å². The summed E-state index contributed by atoms with van der Waals surface area (Å²) >= 11 is 3.30. The summed E-state index contributed by atoms with van der Waals surface area (Å²) in [7, 11) is 0. The van der Waals surface area contributed by atoms with E-state index in [1.165, 1.54) is 0 Å². The number of nitrogens with zero attached hydrogens (tertiary/aromatic N) is 1. The van der Waals surface area contributed by atoms with Crippen LogP contribution in [0.25, 0.3) is 0 Å². The van der Waals surface area contributed by atoms with Gasteiger partial charge in [-0.2, -0.15) is 0 Å². The first-order valence-electron chi connectivity index (χ1n) is 6.43. The van der Waals surface area contributed by atoms with Crippen LogP contribution in [-0.4, -0.2) is 23.4 Å². The van der Waals surface area contributed by atoms with E-state index in [9.17, 15) is 4.79 Å². The maximum absolute atomic E-state index is 12.2. The molecule has 0 spiro atoms. The first-order valence-corrected chi connectivity index (χ1v) is 7.23. The molecule has 100 valence electrons. The van der Waals surface area contributed by atoms with Gasteiger partial charge in [0.05, 0.1) is 0 Å². The Kier molecular flexibility index (Phi) is 4.45. The molecule has 1 aromatic rings. The van der Waals surface area contributed by atoms with E-state index < -0.39 is 0 Å². The second-order valence-corrected chi connectivity index (χ2v) is 5.51. The third kappa shape index (κ3) is 2.78. The predicted octanol–water partition coefficient (Wildman–Crippen LogP) is 2.83. The van der Waals surface area contributed by atoms with Gasteiger partial charge in [0.1, 0.15) is 11.8 Å². The Balaban J connectivity index is 2.32. The van der Waals surface area contributed by atoms with E-state index in [0.717, 1.165) is 31.6 Å². The summed E-state index contributed by atoms with van der Waals surface area (Å²) in [6, 6.07) is 3.56. The van der Waals surface area contributed by atoms with Gasteiger partial charge in [-0.05, 0) is 47.3 Å². The molecule has 2 N–H and O–H groups in total. The standard InChI is InChI=1S/C13H19BrN2O2/c1-2-8-16-12(17)5-3-4-9(15)13(16)10-6-7-11(14)18-10/h6-7,9,13H,2-5,8,15H2,1H3. The third-order valence-corrected chi connectivity index (χ3v) is 3.77. The van der Waals surface area contributed by atoms with Crippen molar-refractivity contribution in [2.45, 2.75) is 44.7 Å². The fourth-order valence-corrected chi connectivity index (χ4v) is 2.85. The molecule has 1 amide bonds. The van der Waals surface area contributed by atoms with Crippen LogP contribution in [0.4, 0.5) is 0 Å². The zero-order chi connectivity index (χ0) is 13.1. The van der Waals surface area contributed by atoms with Gasteiger partial charge in [-0.15, -0.1) is 0 Å². The molecule has 0 saturated carbocycles. The van der Waals surface area contributed by atoms with Gasteiger partial charge in [-0.1, -0.05) is 6.92 Å². The van der Waals surface area contributed by atoms with Crippen molar-refractivity contribution in [2.75, 3.05) is 6.54 Å². The highest BCUT2D eigenvalue weighted by atomic mass is 79.9. The van der Waals surface area contributed by atoms with Crippen LogP contribution in [-0.2, 0) is 4.79 Å². The first kappa shape index (κ1) is 13.6. The molecule has 1 saturated heterocycles.